The third kappa shape index (κ3) is 9.98. The second kappa shape index (κ2) is 15.1. The largest absolute Gasteiger partial charge is 0.500 e. The quantitative estimate of drug-likeness (QED) is 0.234. The topological polar surface area (TPSA) is 55.4 Å². The highest BCUT2D eigenvalue weighted by Crippen LogP contribution is 2.28. The second-order valence-corrected chi connectivity index (χ2v) is 13.5. The zero-order chi connectivity index (χ0) is 20.8. The Morgan fingerprint density at radius 1 is 0.630 bits per heavy atom. The van der Waals surface area contributed by atoms with E-state index in [9.17, 15) is 0 Å². The second-order valence-electron chi connectivity index (χ2n) is 7.34. The molecule has 2 unspecified atom stereocenters. The molecule has 0 aliphatic heterocycles. The summed E-state index contributed by atoms with van der Waals surface area (Å²) >= 11 is 0. The van der Waals surface area contributed by atoms with Crippen molar-refractivity contribution in [3.05, 3.63) is 0 Å². The molecule has 0 N–H and O–H groups in total. The molecular formula is C19H44O6Si2. The number of hydrogen-bond donors (Lipinski definition) is 0. The smallest absolute Gasteiger partial charge is 0.377 e. The summed E-state index contributed by atoms with van der Waals surface area (Å²) in [6, 6.07) is 1.75. The fraction of sp³-hybridized carbons (Fsp3) is 1.00. The molecule has 8 heteroatoms. The Balaban J connectivity index is 4.51. The van der Waals surface area contributed by atoms with Crippen molar-refractivity contribution in [3.8, 4) is 0 Å². The Morgan fingerprint density at radius 3 is 1.44 bits per heavy atom. The SMILES string of the molecule is CCC(C)CC(CCCC[Si](OC)(OC)OC)CCC[Si](OC)(OC)OC. The highest BCUT2D eigenvalue weighted by Gasteiger charge is 2.38. The lowest BCUT2D eigenvalue weighted by atomic mass is 9.87. The van der Waals surface area contributed by atoms with Crippen molar-refractivity contribution in [1.29, 1.82) is 0 Å². The van der Waals surface area contributed by atoms with Gasteiger partial charge in [0.05, 0.1) is 0 Å². The van der Waals surface area contributed by atoms with E-state index in [4.69, 9.17) is 26.6 Å². The molecule has 6 nitrogen and oxygen atoms in total. The summed E-state index contributed by atoms with van der Waals surface area (Å²) < 4.78 is 33.2. The summed E-state index contributed by atoms with van der Waals surface area (Å²) in [6.07, 6.45) is 8.26. The lowest BCUT2D eigenvalue weighted by Crippen LogP contribution is -2.42. The van der Waals surface area contributed by atoms with Crippen molar-refractivity contribution >= 4 is 17.6 Å². The van der Waals surface area contributed by atoms with Crippen molar-refractivity contribution in [3.63, 3.8) is 0 Å². The molecule has 0 saturated carbocycles. The molecular weight excluding hydrogens is 380 g/mol. The van der Waals surface area contributed by atoms with Crippen molar-refractivity contribution < 1.29 is 26.6 Å². The van der Waals surface area contributed by atoms with Gasteiger partial charge in [0.15, 0.2) is 0 Å². The molecule has 2 atom stereocenters. The molecule has 0 aliphatic carbocycles. The van der Waals surface area contributed by atoms with Gasteiger partial charge in [-0.3, -0.25) is 0 Å². The molecule has 0 bridgehead atoms. The Kier molecular flexibility index (Phi) is 15.2. The van der Waals surface area contributed by atoms with Gasteiger partial charge in [-0.15, -0.1) is 0 Å². The van der Waals surface area contributed by atoms with E-state index in [-0.39, 0.29) is 0 Å². The monoisotopic (exact) mass is 424 g/mol. The van der Waals surface area contributed by atoms with Crippen LogP contribution >= 0.6 is 0 Å². The van der Waals surface area contributed by atoms with Gasteiger partial charge in [0.2, 0.25) is 0 Å². The van der Waals surface area contributed by atoms with Crippen LogP contribution in [0.2, 0.25) is 12.1 Å². The van der Waals surface area contributed by atoms with E-state index in [0.29, 0.717) is 0 Å². The van der Waals surface area contributed by atoms with Gasteiger partial charge >= 0.3 is 17.6 Å². The van der Waals surface area contributed by atoms with Crippen molar-refractivity contribution in [2.45, 2.75) is 70.9 Å². The van der Waals surface area contributed by atoms with Crippen molar-refractivity contribution in [2.24, 2.45) is 11.8 Å². The molecule has 0 amide bonds. The first-order chi connectivity index (χ1) is 12.9. The van der Waals surface area contributed by atoms with Crippen LogP contribution in [0.3, 0.4) is 0 Å². The van der Waals surface area contributed by atoms with Crippen LogP contribution < -0.4 is 0 Å². The van der Waals surface area contributed by atoms with Gasteiger partial charge in [-0.25, -0.2) is 0 Å². The predicted octanol–water partition coefficient (Wildman–Crippen LogP) is 4.75. The molecule has 0 radical (unpaired) electrons. The highest BCUT2D eigenvalue weighted by atomic mass is 28.4. The van der Waals surface area contributed by atoms with Crippen LogP contribution in [-0.2, 0) is 26.6 Å². The van der Waals surface area contributed by atoms with Gasteiger partial charge in [0, 0.05) is 54.7 Å². The van der Waals surface area contributed by atoms with Crippen LogP contribution in [0, 0.1) is 11.8 Å². The Hall–Kier alpha value is 0.194. The van der Waals surface area contributed by atoms with Gasteiger partial charge in [0.25, 0.3) is 0 Å². The minimum Gasteiger partial charge on any atom is -0.377 e. The summed E-state index contributed by atoms with van der Waals surface area (Å²) in [4.78, 5) is 0. The fourth-order valence-electron chi connectivity index (χ4n) is 3.61. The van der Waals surface area contributed by atoms with Crippen LogP contribution in [0.5, 0.6) is 0 Å². The van der Waals surface area contributed by atoms with Crippen LogP contribution in [0.25, 0.3) is 0 Å². The first-order valence-corrected chi connectivity index (χ1v) is 14.1. The van der Waals surface area contributed by atoms with E-state index < -0.39 is 17.6 Å². The van der Waals surface area contributed by atoms with Crippen molar-refractivity contribution in [1.82, 2.24) is 0 Å². The van der Waals surface area contributed by atoms with Gasteiger partial charge in [-0.05, 0) is 31.1 Å². The van der Waals surface area contributed by atoms with E-state index in [2.05, 4.69) is 13.8 Å². The maximum atomic E-state index is 5.55. The predicted molar refractivity (Wildman–Crippen MR) is 114 cm³/mol. The van der Waals surface area contributed by atoms with E-state index in [0.717, 1.165) is 36.8 Å². The Morgan fingerprint density at radius 2 is 1.04 bits per heavy atom. The first-order valence-electron chi connectivity index (χ1n) is 10.2. The highest BCUT2D eigenvalue weighted by molar-refractivity contribution is 6.60. The lowest BCUT2D eigenvalue weighted by Gasteiger charge is -2.26. The van der Waals surface area contributed by atoms with Crippen LogP contribution in [0.1, 0.15) is 58.8 Å². The fourth-order valence-corrected chi connectivity index (χ4v) is 7.15. The summed E-state index contributed by atoms with van der Waals surface area (Å²) in [7, 11) is 5.22. The summed E-state index contributed by atoms with van der Waals surface area (Å²) in [5, 5.41) is 0. The Labute approximate surface area is 169 Å². The maximum Gasteiger partial charge on any atom is 0.500 e. The minimum absolute atomic E-state index is 0.723. The minimum atomic E-state index is -2.45. The normalized spacial score (nSPS) is 15.1. The molecule has 0 aromatic carbocycles. The van der Waals surface area contributed by atoms with E-state index in [1.54, 1.807) is 42.7 Å². The Bertz CT molecular complexity index is 335. The molecule has 0 spiro atoms. The van der Waals surface area contributed by atoms with Crippen LogP contribution in [0.4, 0.5) is 0 Å². The molecule has 0 aliphatic rings. The van der Waals surface area contributed by atoms with E-state index >= 15 is 0 Å². The van der Waals surface area contributed by atoms with E-state index in [1.807, 2.05) is 0 Å². The molecule has 27 heavy (non-hydrogen) atoms. The average Bonchev–Trinajstić information content (AvgIpc) is 2.71. The third-order valence-electron chi connectivity index (χ3n) is 5.74. The average molecular weight is 425 g/mol. The lowest BCUT2D eigenvalue weighted by molar-refractivity contribution is 0.121. The van der Waals surface area contributed by atoms with Gasteiger partial charge in [0.1, 0.15) is 0 Å². The van der Waals surface area contributed by atoms with E-state index in [1.165, 1.54) is 32.1 Å². The molecule has 0 aromatic heterocycles. The molecule has 0 rings (SSSR count). The van der Waals surface area contributed by atoms with Crippen LogP contribution in [0.15, 0.2) is 0 Å². The molecule has 164 valence electrons. The molecule has 0 fully saturated rings. The summed E-state index contributed by atoms with van der Waals surface area (Å²) in [6.45, 7) is 4.63. The number of rotatable bonds is 18. The zero-order valence-corrected chi connectivity index (χ0v) is 21.0. The van der Waals surface area contributed by atoms with Gasteiger partial charge in [-0.2, -0.15) is 0 Å². The first kappa shape index (κ1) is 27.2. The summed E-state index contributed by atoms with van der Waals surface area (Å²) in [5.74, 6) is 1.48. The molecule has 0 saturated heterocycles. The van der Waals surface area contributed by atoms with Crippen molar-refractivity contribution in [2.75, 3.05) is 42.7 Å². The third-order valence-corrected chi connectivity index (χ3v) is 11.4. The van der Waals surface area contributed by atoms with Gasteiger partial charge in [-0.1, -0.05) is 39.5 Å². The number of hydrogen-bond acceptors (Lipinski definition) is 6. The standard InChI is InChI=1S/C19H44O6Si2/c1-9-18(2)17-19(14-12-16-27(23-6,24-7)25-8)13-10-11-15-26(20-3,21-4)22-5/h18-19H,9-17H2,1-8H3. The zero-order valence-electron chi connectivity index (χ0n) is 19.0. The molecule has 0 heterocycles. The van der Waals surface area contributed by atoms with Gasteiger partial charge < -0.3 is 26.6 Å². The van der Waals surface area contributed by atoms with Crippen LogP contribution in [-0.4, -0.2) is 60.3 Å². The summed E-state index contributed by atoms with van der Waals surface area (Å²) in [5.41, 5.74) is 0. The molecule has 0 aromatic rings. The number of unbranched alkanes of at least 4 members (excludes halogenated alkanes) is 1. The maximum absolute atomic E-state index is 5.55.